The van der Waals surface area contributed by atoms with Gasteiger partial charge in [-0.15, -0.1) is 0 Å². The number of nitro benzene ring substituents is 6. The average molecular weight is 1150 g/mol. The van der Waals surface area contributed by atoms with Crippen molar-refractivity contribution in [3.8, 4) is 0 Å². The van der Waals surface area contributed by atoms with Crippen LogP contribution in [0.4, 0.5) is 51.2 Å². The number of rotatable bonds is 12. The van der Waals surface area contributed by atoms with E-state index >= 15 is 0 Å². The van der Waals surface area contributed by atoms with Crippen molar-refractivity contribution < 1.29 is 63.0 Å². The summed E-state index contributed by atoms with van der Waals surface area (Å²) in [6, 6.07) is 9.73. The Labute approximate surface area is 449 Å². The number of aryl methyl sites for hydroxylation is 1. The first-order valence-electron chi connectivity index (χ1n) is 21.6. The van der Waals surface area contributed by atoms with Gasteiger partial charge < -0.3 is 20.7 Å². The van der Waals surface area contributed by atoms with Gasteiger partial charge >= 0.3 is 18.3 Å². The highest BCUT2D eigenvalue weighted by Gasteiger charge is 2.34. The zero-order chi connectivity index (χ0) is 58.4. The third-order valence-electron chi connectivity index (χ3n) is 10.0. The maximum atomic E-state index is 12.3. The predicted molar refractivity (Wildman–Crippen MR) is 271 cm³/mol. The monoisotopic (exact) mass is 1140 g/mol. The van der Waals surface area contributed by atoms with Crippen LogP contribution in [-0.2, 0) is 46.3 Å². The second kappa shape index (κ2) is 30.8. The molecule has 1 saturated heterocycles. The SMILES string of the molecule is CCC(C(=O)OC(C)(C)C)c1cc(Cl)c([N+](=O)[O-])cc1[N+](=O)[O-].CCCc1cc(Cl)c([N+](=O)[O-])cc1[N+](=O)[O-].Nc1cc2c(cc1N1CCCCC1)CC(=O)N2.O=C=O.O=C=O.O=[N+]([O-])c1cc([N+](=O)[O-])c(Cl)cc1Cl. The van der Waals surface area contributed by atoms with Crippen LogP contribution in [0.1, 0.15) is 89.3 Å². The number of fused-ring (bicyclic) bond motifs is 1. The third-order valence-corrected chi connectivity index (χ3v) is 11.2. The maximum Gasteiger partial charge on any atom is 0.373 e. The number of esters is 1. The quantitative estimate of drug-likeness (QED) is 0.0576. The first-order valence-corrected chi connectivity index (χ1v) is 23.2. The van der Waals surface area contributed by atoms with Gasteiger partial charge in [-0.3, -0.25) is 70.3 Å². The number of amides is 1. The summed E-state index contributed by atoms with van der Waals surface area (Å²) in [5, 5.41) is 66.1. The highest BCUT2D eigenvalue weighted by Crippen LogP contribution is 2.39. The zero-order valence-corrected chi connectivity index (χ0v) is 43.6. The molecule has 32 heteroatoms. The number of nitrogens with zero attached hydrogens (tertiary/aromatic N) is 7. The van der Waals surface area contributed by atoms with Gasteiger partial charge in [0.05, 0.1) is 71.5 Å². The van der Waals surface area contributed by atoms with Gasteiger partial charge in [0, 0.05) is 29.9 Å². The first kappa shape index (κ1) is 65.8. The van der Waals surface area contributed by atoms with Crippen LogP contribution in [0, 0.1) is 60.7 Å². The van der Waals surface area contributed by atoms with E-state index in [4.69, 9.17) is 76.1 Å². The van der Waals surface area contributed by atoms with Crippen molar-refractivity contribution in [3.05, 3.63) is 146 Å². The van der Waals surface area contributed by atoms with E-state index in [2.05, 4.69) is 16.3 Å². The summed E-state index contributed by atoms with van der Waals surface area (Å²) in [6.07, 6.45) is 6.14. The van der Waals surface area contributed by atoms with Gasteiger partial charge in [0.1, 0.15) is 25.7 Å². The molecule has 0 aliphatic carbocycles. The van der Waals surface area contributed by atoms with E-state index in [9.17, 15) is 70.3 Å². The summed E-state index contributed by atoms with van der Waals surface area (Å²) < 4.78 is 5.26. The number of nitrogens with two attached hydrogens (primary N) is 1. The van der Waals surface area contributed by atoms with Crippen LogP contribution in [0.25, 0.3) is 0 Å². The molecule has 6 rings (SSSR count). The van der Waals surface area contributed by atoms with Gasteiger partial charge in [-0.25, -0.2) is 0 Å². The Kier molecular flexibility index (Phi) is 26.7. The Morgan fingerprint density at radius 2 is 1.07 bits per heavy atom. The number of carbonyl (C=O) groups is 2. The van der Waals surface area contributed by atoms with Gasteiger partial charge in [-0.05, 0) is 88.8 Å². The lowest BCUT2D eigenvalue weighted by Gasteiger charge is -2.30. The molecule has 408 valence electrons. The van der Waals surface area contributed by atoms with Gasteiger partial charge in [0.2, 0.25) is 5.91 Å². The Balaban J connectivity index is 0.000000495. The smallest absolute Gasteiger partial charge is 0.373 e. The van der Waals surface area contributed by atoms with Crippen molar-refractivity contribution in [2.75, 3.05) is 29.0 Å². The molecule has 0 aromatic heterocycles. The number of carbonyl (C=O) groups excluding carboxylic acids is 6. The number of halogens is 4. The van der Waals surface area contributed by atoms with E-state index in [0.717, 1.165) is 66.0 Å². The van der Waals surface area contributed by atoms with Crippen LogP contribution < -0.4 is 16.0 Å². The van der Waals surface area contributed by atoms with Crippen LogP contribution >= 0.6 is 46.4 Å². The molecule has 1 atom stereocenters. The molecule has 2 aliphatic heterocycles. The molecule has 2 heterocycles. The highest BCUT2D eigenvalue weighted by atomic mass is 35.5. The fraction of sp³-hybridized carbons (Fsp3) is 0.364. The van der Waals surface area contributed by atoms with E-state index < -0.39 is 75.5 Å². The fourth-order valence-electron chi connectivity index (χ4n) is 6.89. The third kappa shape index (κ3) is 19.9. The fourth-order valence-corrected chi connectivity index (χ4v) is 7.91. The number of hydrogen-bond donors (Lipinski definition) is 2. The minimum Gasteiger partial charge on any atom is -0.459 e. The van der Waals surface area contributed by atoms with Gasteiger partial charge in [-0.2, -0.15) is 19.2 Å². The molecule has 0 radical (unpaired) electrons. The number of benzene rings is 4. The average Bonchev–Trinajstić information content (AvgIpc) is 3.67. The standard InChI is InChI=1S/C14H17ClN2O6.C13H17N3O.C9H9ClN2O4.C6H2Cl2N2O4.2CO2/c1-5-8(13(18)23-14(2,3)4)9-6-10(15)12(17(21)22)7-11(9)16(19)20;14-10-8-11-9(7-13(17)15-11)6-12(10)16-4-2-1-3-5-16;1-2-3-6-4-7(10)9(12(15)16)5-8(6)11(13)14;7-3-1-4(8)6(10(13)14)2-5(3)9(11)12;2*2-1-3/h6-8H,5H2,1-4H3;6,8H,1-5,7,14H2,(H,15,17);4-5H,2-3H2,1H3;1-2H;;. The van der Waals surface area contributed by atoms with Crippen LogP contribution in [0.5, 0.6) is 0 Å². The van der Waals surface area contributed by atoms with Crippen LogP contribution in [0.2, 0.25) is 20.1 Å². The molecule has 3 N–H and O–H groups in total. The molecule has 4 aromatic carbocycles. The van der Waals surface area contributed by atoms with Crippen molar-refractivity contribution in [1.29, 1.82) is 0 Å². The molecular formula is C44H45Cl4N9O19. The van der Waals surface area contributed by atoms with E-state index in [1.165, 1.54) is 25.3 Å². The van der Waals surface area contributed by atoms with Gasteiger partial charge in [-0.1, -0.05) is 66.7 Å². The van der Waals surface area contributed by atoms with Gasteiger partial charge in [0.15, 0.2) is 0 Å². The Morgan fingerprint density at radius 1 is 0.658 bits per heavy atom. The second-order valence-corrected chi connectivity index (χ2v) is 18.0. The van der Waals surface area contributed by atoms with E-state index in [-0.39, 0.29) is 56.0 Å². The molecule has 1 amide bonds. The predicted octanol–water partition coefficient (Wildman–Crippen LogP) is 10.5. The lowest BCUT2D eigenvalue weighted by atomic mass is 9.94. The molecular weight excluding hydrogens is 1100 g/mol. The first-order chi connectivity index (χ1) is 35.4. The summed E-state index contributed by atoms with van der Waals surface area (Å²) in [4.78, 5) is 118. The van der Waals surface area contributed by atoms with E-state index in [0.29, 0.717) is 24.8 Å². The Hall–Kier alpha value is -8.26. The van der Waals surface area contributed by atoms with Gasteiger partial charge in [0.25, 0.3) is 34.1 Å². The number of hydrogen-bond acceptors (Lipinski definition) is 21. The molecule has 4 aromatic rings. The summed E-state index contributed by atoms with van der Waals surface area (Å²) in [5.74, 6) is -1.52. The van der Waals surface area contributed by atoms with Crippen LogP contribution in [-0.4, -0.2) is 72.4 Å². The van der Waals surface area contributed by atoms with Crippen molar-refractivity contribution in [2.45, 2.75) is 91.1 Å². The molecule has 28 nitrogen and oxygen atoms in total. The summed E-state index contributed by atoms with van der Waals surface area (Å²) in [6.45, 7) is 10.7. The molecule has 0 bridgehead atoms. The number of piperidine rings is 1. The van der Waals surface area contributed by atoms with Crippen LogP contribution in [0.3, 0.4) is 0 Å². The summed E-state index contributed by atoms with van der Waals surface area (Å²) >= 11 is 22.4. The largest absolute Gasteiger partial charge is 0.459 e. The topological polar surface area (TPSA) is 412 Å². The lowest BCUT2D eigenvalue weighted by molar-refractivity contribution is -0.394. The number of nitrogens with one attached hydrogen (secondary N) is 1. The Bertz CT molecular complexity index is 2870. The maximum absolute atomic E-state index is 12.3. The molecule has 76 heavy (non-hydrogen) atoms. The molecule has 0 spiro atoms. The van der Waals surface area contributed by atoms with Crippen molar-refractivity contribution >= 4 is 122 Å². The van der Waals surface area contributed by atoms with Crippen molar-refractivity contribution in [3.63, 3.8) is 0 Å². The minimum absolute atomic E-state index is 0.00218. The molecule has 2 aliphatic rings. The summed E-state index contributed by atoms with van der Waals surface area (Å²) in [7, 11) is 0. The number of anilines is 3. The van der Waals surface area contributed by atoms with E-state index in [1.807, 2.05) is 13.0 Å². The molecule has 1 fully saturated rings. The number of nitro groups is 6. The Morgan fingerprint density at radius 3 is 1.47 bits per heavy atom. The van der Waals surface area contributed by atoms with Crippen molar-refractivity contribution in [1.82, 2.24) is 0 Å². The summed E-state index contributed by atoms with van der Waals surface area (Å²) in [5.41, 5.74) is 6.69. The molecule has 1 unspecified atom stereocenters. The number of ether oxygens (including phenoxy) is 1. The molecule has 0 saturated carbocycles. The second-order valence-electron chi connectivity index (χ2n) is 16.3. The lowest BCUT2D eigenvalue weighted by Crippen LogP contribution is -2.30. The normalized spacial score (nSPS) is 12.2. The zero-order valence-electron chi connectivity index (χ0n) is 40.5. The minimum atomic E-state index is -0.937. The highest BCUT2D eigenvalue weighted by molar-refractivity contribution is 6.37. The van der Waals surface area contributed by atoms with E-state index in [1.54, 1.807) is 27.7 Å². The number of nitrogen functional groups attached to an aromatic ring is 1. The van der Waals surface area contributed by atoms with Crippen LogP contribution in [0.15, 0.2) is 48.5 Å². The van der Waals surface area contributed by atoms with Crippen molar-refractivity contribution in [2.24, 2.45) is 0 Å².